The fourth-order valence-electron chi connectivity index (χ4n) is 2.51. The lowest BCUT2D eigenvalue weighted by Gasteiger charge is -2.35. The Balaban J connectivity index is 3.23. The number of ether oxygens (including phenoxy) is 1. The van der Waals surface area contributed by atoms with E-state index in [2.05, 4.69) is 12.5 Å². The number of hydrogen-bond donors (Lipinski definition) is 0. The van der Waals surface area contributed by atoms with Crippen LogP contribution in [0.1, 0.15) is 38.2 Å². The summed E-state index contributed by atoms with van der Waals surface area (Å²) in [6.07, 6.45) is 8.09. The van der Waals surface area contributed by atoms with Crippen LogP contribution in [-0.4, -0.2) is 12.6 Å². The Morgan fingerprint density at radius 3 is 2.65 bits per heavy atom. The van der Waals surface area contributed by atoms with E-state index in [0.29, 0.717) is 19.4 Å². The average Bonchev–Trinajstić information content (AvgIpc) is 2.47. The maximum atomic E-state index is 12.5. The van der Waals surface area contributed by atoms with Gasteiger partial charge in [0.05, 0.1) is 12.0 Å². The van der Waals surface area contributed by atoms with Gasteiger partial charge in [-0.15, -0.1) is 18.9 Å². The number of benzene rings is 1. The Labute approximate surface area is 121 Å². The molecule has 2 heteroatoms. The van der Waals surface area contributed by atoms with Crippen LogP contribution in [0.25, 0.3) is 0 Å². The second-order valence-corrected chi connectivity index (χ2v) is 4.88. The summed E-state index contributed by atoms with van der Waals surface area (Å²) >= 11 is 0. The SMILES string of the molecule is C#CCC(CC=C)(C(=O)OCC)C(C)c1ccccc1. The molecule has 0 aromatic heterocycles. The van der Waals surface area contributed by atoms with Gasteiger partial charge in [-0.25, -0.2) is 0 Å². The lowest BCUT2D eigenvalue weighted by atomic mass is 9.68. The predicted molar refractivity (Wildman–Crippen MR) is 82.2 cm³/mol. The van der Waals surface area contributed by atoms with Gasteiger partial charge in [-0.05, 0) is 24.8 Å². The van der Waals surface area contributed by atoms with Gasteiger partial charge in [-0.1, -0.05) is 43.3 Å². The van der Waals surface area contributed by atoms with Gasteiger partial charge in [0.1, 0.15) is 0 Å². The average molecular weight is 270 g/mol. The number of carbonyl (C=O) groups excluding carboxylic acids is 1. The number of allylic oxidation sites excluding steroid dienone is 1. The van der Waals surface area contributed by atoms with Crippen molar-refractivity contribution in [2.24, 2.45) is 5.41 Å². The van der Waals surface area contributed by atoms with Crippen LogP contribution in [0.3, 0.4) is 0 Å². The molecule has 2 nitrogen and oxygen atoms in total. The molecule has 2 atom stereocenters. The Bertz CT molecular complexity index is 484. The first-order valence-corrected chi connectivity index (χ1v) is 6.89. The summed E-state index contributed by atoms with van der Waals surface area (Å²) in [5, 5.41) is 0. The summed E-state index contributed by atoms with van der Waals surface area (Å²) in [7, 11) is 0. The number of hydrogen-bond acceptors (Lipinski definition) is 2. The van der Waals surface area contributed by atoms with Gasteiger partial charge in [-0.3, -0.25) is 4.79 Å². The molecule has 0 amide bonds. The van der Waals surface area contributed by atoms with E-state index in [1.807, 2.05) is 37.3 Å². The molecule has 20 heavy (non-hydrogen) atoms. The lowest BCUT2D eigenvalue weighted by molar-refractivity contribution is -0.156. The lowest BCUT2D eigenvalue weighted by Crippen LogP contribution is -2.37. The second kappa shape index (κ2) is 7.55. The van der Waals surface area contributed by atoms with Gasteiger partial charge in [0.15, 0.2) is 0 Å². The molecule has 1 aromatic carbocycles. The van der Waals surface area contributed by atoms with E-state index in [1.54, 1.807) is 13.0 Å². The van der Waals surface area contributed by atoms with Crippen LogP contribution in [0.4, 0.5) is 0 Å². The minimum atomic E-state index is -0.742. The van der Waals surface area contributed by atoms with Crippen molar-refractivity contribution in [3.05, 3.63) is 48.6 Å². The molecule has 0 aliphatic rings. The molecule has 1 rings (SSSR count). The highest BCUT2D eigenvalue weighted by Crippen LogP contribution is 2.43. The quantitative estimate of drug-likeness (QED) is 0.426. The third kappa shape index (κ3) is 3.30. The molecule has 0 bridgehead atoms. The Morgan fingerprint density at radius 1 is 1.50 bits per heavy atom. The molecular formula is C18H22O2. The first kappa shape index (κ1) is 16.0. The predicted octanol–water partition coefficient (Wildman–Crippen LogP) is 3.94. The summed E-state index contributed by atoms with van der Waals surface area (Å²) in [6, 6.07) is 9.91. The molecule has 0 heterocycles. The molecule has 0 N–H and O–H groups in total. The van der Waals surface area contributed by atoms with E-state index in [-0.39, 0.29) is 11.9 Å². The minimum Gasteiger partial charge on any atom is -0.466 e. The van der Waals surface area contributed by atoms with Crippen molar-refractivity contribution >= 4 is 5.97 Å². The molecule has 0 spiro atoms. The first-order valence-electron chi connectivity index (χ1n) is 6.89. The number of terminal acetylenes is 1. The van der Waals surface area contributed by atoms with E-state index in [0.717, 1.165) is 5.56 Å². The third-order valence-corrected chi connectivity index (χ3v) is 3.74. The Hall–Kier alpha value is -2.01. The molecule has 0 fully saturated rings. The van der Waals surface area contributed by atoms with Gasteiger partial charge in [-0.2, -0.15) is 0 Å². The number of carbonyl (C=O) groups is 1. The maximum absolute atomic E-state index is 12.5. The summed E-state index contributed by atoms with van der Waals surface area (Å²) in [5.74, 6) is 2.36. The zero-order chi connectivity index (χ0) is 15.0. The van der Waals surface area contributed by atoms with E-state index in [1.165, 1.54) is 0 Å². The topological polar surface area (TPSA) is 26.3 Å². The van der Waals surface area contributed by atoms with Crippen molar-refractivity contribution in [2.45, 2.75) is 32.6 Å². The maximum Gasteiger partial charge on any atom is 0.313 e. The number of esters is 1. The van der Waals surface area contributed by atoms with Crippen molar-refractivity contribution in [1.82, 2.24) is 0 Å². The third-order valence-electron chi connectivity index (χ3n) is 3.74. The van der Waals surface area contributed by atoms with Gasteiger partial charge in [0.25, 0.3) is 0 Å². The largest absolute Gasteiger partial charge is 0.466 e. The van der Waals surface area contributed by atoms with E-state index in [4.69, 9.17) is 11.2 Å². The van der Waals surface area contributed by atoms with E-state index >= 15 is 0 Å². The van der Waals surface area contributed by atoms with Gasteiger partial charge >= 0.3 is 5.97 Å². The fourth-order valence-corrected chi connectivity index (χ4v) is 2.51. The standard InChI is InChI=1S/C18H22O2/c1-5-13-18(14-6-2,17(19)20-7-3)15(4)16-11-9-8-10-12-16/h1,6,8-12,15H,2,7,13-14H2,3-4H3. The summed E-state index contributed by atoms with van der Waals surface area (Å²) in [5.41, 5.74) is 0.339. The molecule has 106 valence electrons. The van der Waals surface area contributed by atoms with Crippen LogP contribution < -0.4 is 0 Å². The van der Waals surface area contributed by atoms with E-state index < -0.39 is 5.41 Å². The van der Waals surface area contributed by atoms with Gasteiger partial charge in [0.2, 0.25) is 0 Å². The second-order valence-electron chi connectivity index (χ2n) is 4.88. The van der Waals surface area contributed by atoms with Gasteiger partial charge in [0, 0.05) is 6.42 Å². The summed E-state index contributed by atoms with van der Waals surface area (Å²) < 4.78 is 5.27. The summed E-state index contributed by atoms with van der Waals surface area (Å²) in [6.45, 7) is 7.95. The molecule has 0 radical (unpaired) electrons. The molecule has 0 aliphatic heterocycles. The minimum absolute atomic E-state index is 0.0307. The molecule has 2 unspecified atom stereocenters. The van der Waals surface area contributed by atoms with Crippen LogP contribution in [0.15, 0.2) is 43.0 Å². The monoisotopic (exact) mass is 270 g/mol. The molecule has 0 aliphatic carbocycles. The van der Waals surface area contributed by atoms with Crippen molar-refractivity contribution in [3.8, 4) is 12.3 Å². The van der Waals surface area contributed by atoms with E-state index in [9.17, 15) is 4.79 Å². The fraction of sp³-hybridized carbons (Fsp3) is 0.389. The van der Waals surface area contributed by atoms with Crippen molar-refractivity contribution < 1.29 is 9.53 Å². The van der Waals surface area contributed by atoms with Crippen LogP contribution in [0, 0.1) is 17.8 Å². The first-order chi connectivity index (χ1) is 9.62. The van der Waals surface area contributed by atoms with Gasteiger partial charge < -0.3 is 4.74 Å². The van der Waals surface area contributed by atoms with Crippen molar-refractivity contribution in [1.29, 1.82) is 0 Å². The van der Waals surface area contributed by atoms with Crippen LogP contribution in [0.2, 0.25) is 0 Å². The Kier molecular flexibility index (Phi) is 6.06. The molecule has 0 saturated carbocycles. The zero-order valence-corrected chi connectivity index (χ0v) is 12.3. The summed E-state index contributed by atoms with van der Waals surface area (Å²) in [4.78, 5) is 12.5. The molecular weight excluding hydrogens is 248 g/mol. The van der Waals surface area contributed by atoms with Crippen LogP contribution in [-0.2, 0) is 9.53 Å². The normalized spacial score (nSPS) is 14.7. The highest BCUT2D eigenvalue weighted by Gasteiger charge is 2.43. The number of rotatable bonds is 7. The highest BCUT2D eigenvalue weighted by atomic mass is 16.5. The molecule has 0 saturated heterocycles. The highest BCUT2D eigenvalue weighted by molar-refractivity contribution is 5.79. The molecule has 1 aromatic rings. The Morgan fingerprint density at radius 2 is 2.15 bits per heavy atom. The van der Waals surface area contributed by atoms with Crippen LogP contribution in [0.5, 0.6) is 0 Å². The van der Waals surface area contributed by atoms with Crippen molar-refractivity contribution in [3.63, 3.8) is 0 Å². The van der Waals surface area contributed by atoms with Crippen molar-refractivity contribution in [2.75, 3.05) is 6.61 Å². The van der Waals surface area contributed by atoms with Crippen LogP contribution >= 0.6 is 0 Å². The smallest absolute Gasteiger partial charge is 0.313 e. The zero-order valence-electron chi connectivity index (χ0n) is 12.3.